The lowest BCUT2D eigenvalue weighted by molar-refractivity contribution is 0.302. The summed E-state index contributed by atoms with van der Waals surface area (Å²) in [6, 6.07) is 6.16. The Kier molecular flexibility index (Phi) is 4.80. The zero-order valence-corrected chi connectivity index (χ0v) is 9.78. The molecule has 0 fully saturated rings. The van der Waals surface area contributed by atoms with Crippen molar-refractivity contribution in [2.45, 2.75) is 11.8 Å². The second-order valence-electron chi connectivity index (χ2n) is 2.63. The van der Waals surface area contributed by atoms with Crippen LogP contribution in [0.4, 0.5) is 0 Å². The van der Waals surface area contributed by atoms with E-state index in [1.807, 2.05) is 12.1 Å². The quantitative estimate of drug-likeness (QED) is 0.645. The second kappa shape index (κ2) is 5.65. The predicted octanol–water partition coefficient (Wildman–Crippen LogP) is 2.35. The third kappa shape index (κ3) is 3.68. The summed E-state index contributed by atoms with van der Waals surface area (Å²) in [4.78, 5) is 1.16. The van der Waals surface area contributed by atoms with E-state index in [-0.39, 0.29) is 6.61 Å². The minimum atomic E-state index is 0.169. The van der Waals surface area contributed by atoms with Gasteiger partial charge in [0.05, 0.1) is 6.61 Å². The summed E-state index contributed by atoms with van der Waals surface area (Å²) in [5, 5.41) is 8.56. The first-order valence-electron chi connectivity index (χ1n) is 4.01. The maximum Gasteiger partial charge on any atom is 0.0565 e. The standard InChI is InChI=1S/C9H12BrNOS/c1-7-6-8(2-3-9(7)10)13-11-4-5-12/h2-3,6,11-12H,4-5H2,1H3. The highest BCUT2D eigenvalue weighted by molar-refractivity contribution is 9.10. The molecule has 13 heavy (non-hydrogen) atoms. The van der Waals surface area contributed by atoms with Crippen LogP contribution in [0.3, 0.4) is 0 Å². The summed E-state index contributed by atoms with van der Waals surface area (Å²) in [5.41, 5.74) is 1.22. The molecular weight excluding hydrogens is 250 g/mol. The lowest BCUT2D eigenvalue weighted by atomic mass is 10.2. The van der Waals surface area contributed by atoms with E-state index < -0.39 is 0 Å². The van der Waals surface area contributed by atoms with Crippen LogP contribution < -0.4 is 4.72 Å². The van der Waals surface area contributed by atoms with Gasteiger partial charge in [-0.1, -0.05) is 15.9 Å². The normalized spacial score (nSPS) is 10.4. The van der Waals surface area contributed by atoms with E-state index in [1.54, 1.807) is 0 Å². The van der Waals surface area contributed by atoms with E-state index in [0.717, 1.165) is 9.37 Å². The monoisotopic (exact) mass is 261 g/mol. The van der Waals surface area contributed by atoms with Crippen LogP contribution >= 0.6 is 27.9 Å². The van der Waals surface area contributed by atoms with Gasteiger partial charge >= 0.3 is 0 Å². The highest BCUT2D eigenvalue weighted by Gasteiger charge is 1.97. The molecule has 0 spiro atoms. The van der Waals surface area contributed by atoms with Crippen LogP contribution in [0.2, 0.25) is 0 Å². The number of benzene rings is 1. The number of aliphatic hydroxyl groups is 1. The average Bonchev–Trinajstić information content (AvgIpc) is 2.12. The van der Waals surface area contributed by atoms with E-state index in [9.17, 15) is 0 Å². The van der Waals surface area contributed by atoms with Crippen LogP contribution in [0.1, 0.15) is 5.56 Å². The second-order valence-corrected chi connectivity index (χ2v) is 4.45. The summed E-state index contributed by atoms with van der Waals surface area (Å²) < 4.78 is 4.17. The fraction of sp³-hybridized carbons (Fsp3) is 0.333. The van der Waals surface area contributed by atoms with Gasteiger partial charge in [-0.05, 0) is 42.6 Å². The van der Waals surface area contributed by atoms with Gasteiger partial charge in [-0.2, -0.15) is 0 Å². The van der Waals surface area contributed by atoms with E-state index in [2.05, 4.69) is 33.6 Å². The number of hydrogen-bond donors (Lipinski definition) is 2. The molecule has 2 N–H and O–H groups in total. The van der Waals surface area contributed by atoms with Crippen molar-refractivity contribution >= 4 is 27.9 Å². The number of aliphatic hydroxyl groups excluding tert-OH is 1. The number of halogens is 1. The molecule has 1 rings (SSSR count). The van der Waals surface area contributed by atoms with Gasteiger partial charge in [-0.25, -0.2) is 0 Å². The van der Waals surface area contributed by atoms with Gasteiger partial charge in [0.15, 0.2) is 0 Å². The van der Waals surface area contributed by atoms with Gasteiger partial charge in [0.2, 0.25) is 0 Å². The number of nitrogens with one attached hydrogen (secondary N) is 1. The molecule has 0 atom stereocenters. The van der Waals surface area contributed by atoms with Gasteiger partial charge in [0.25, 0.3) is 0 Å². The van der Waals surface area contributed by atoms with Crippen molar-refractivity contribution < 1.29 is 5.11 Å². The molecule has 0 bridgehead atoms. The van der Waals surface area contributed by atoms with E-state index >= 15 is 0 Å². The van der Waals surface area contributed by atoms with Crippen molar-refractivity contribution in [2.24, 2.45) is 0 Å². The van der Waals surface area contributed by atoms with Crippen LogP contribution in [0.25, 0.3) is 0 Å². The Morgan fingerprint density at radius 2 is 2.31 bits per heavy atom. The Morgan fingerprint density at radius 3 is 2.92 bits per heavy atom. The smallest absolute Gasteiger partial charge is 0.0565 e. The van der Waals surface area contributed by atoms with Crippen molar-refractivity contribution in [1.82, 2.24) is 4.72 Å². The molecule has 0 aromatic heterocycles. The fourth-order valence-corrected chi connectivity index (χ4v) is 1.84. The minimum absolute atomic E-state index is 0.169. The zero-order chi connectivity index (χ0) is 9.68. The Morgan fingerprint density at radius 1 is 1.54 bits per heavy atom. The highest BCUT2D eigenvalue weighted by atomic mass is 79.9. The minimum Gasteiger partial charge on any atom is -0.395 e. The Balaban J connectivity index is 2.53. The fourth-order valence-electron chi connectivity index (χ4n) is 0.861. The molecular formula is C9H12BrNOS. The molecule has 72 valence electrons. The van der Waals surface area contributed by atoms with Gasteiger partial charge in [-0.15, -0.1) is 0 Å². The van der Waals surface area contributed by atoms with Gasteiger partial charge in [0, 0.05) is 15.9 Å². The lowest BCUT2D eigenvalue weighted by Crippen LogP contribution is -2.08. The van der Waals surface area contributed by atoms with E-state index in [4.69, 9.17) is 5.11 Å². The molecule has 0 saturated carbocycles. The first-order valence-corrected chi connectivity index (χ1v) is 5.61. The lowest BCUT2D eigenvalue weighted by Gasteiger charge is -2.04. The molecule has 1 aromatic carbocycles. The van der Waals surface area contributed by atoms with Crippen LogP contribution in [0, 0.1) is 6.92 Å². The molecule has 2 nitrogen and oxygen atoms in total. The SMILES string of the molecule is Cc1cc(SNCCO)ccc1Br. The molecule has 0 saturated heterocycles. The van der Waals surface area contributed by atoms with Crippen LogP contribution in [-0.4, -0.2) is 18.3 Å². The summed E-state index contributed by atoms with van der Waals surface area (Å²) in [6.07, 6.45) is 0. The van der Waals surface area contributed by atoms with Crippen molar-refractivity contribution in [2.75, 3.05) is 13.2 Å². The van der Waals surface area contributed by atoms with Crippen molar-refractivity contribution in [1.29, 1.82) is 0 Å². The molecule has 0 unspecified atom stereocenters. The Bertz CT molecular complexity index is 280. The maximum atomic E-state index is 8.56. The first kappa shape index (κ1) is 11.0. The van der Waals surface area contributed by atoms with Crippen LogP contribution in [0.5, 0.6) is 0 Å². The van der Waals surface area contributed by atoms with E-state index in [1.165, 1.54) is 17.5 Å². The van der Waals surface area contributed by atoms with Gasteiger partial charge < -0.3 is 5.11 Å². The molecule has 0 heterocycles. The Labute approximate surface area is 91.0 Å². The average molecular weight is 262 g/mol. The van der Waals surface area contributed by atoms with Crippen molar-refractivity contribution in [3.05, 3.63) is 28.2 Å². The Hall–Kier alpha value is -0.0300. The topological polar surface area (TPSA) is 32.3 Å². The highest BCUT2D eigenvalue weighted by Crippen LogP contribution is 2.22. The maximum absolute atomic E-state index is 8.56. The molecule has 4 heteroatoms. The van der Waals surface area contributed by atoms with Gasteiger partial charge in [-0.3, -0.25) is 4.72 Å². The summed E-state index contributed by atoms with van der Waals surface area (Å²) in [6.45, 7) is 2.84. The third-order valence-electron chi connectivity index (χ3n) is 1.53. The molecule has 0 aliphatic carbocycles. The van der Waals surface area contributed by atoms with Crippen LogP contribution in [-0.2, 0) is 0 Å². The van der Waals surface area contributed by atoms with Crippen molar-refractivity contribution in [3.63, 3.8) is 0 Å². The number of rotatable bonds is 4. The molecule has 1 aromatic rings. The summed E-state index contributed by atoms with van der Waals surface area (Å²) in [7, 11) is 0. The van der Waals surface area contributed by atoms with Gasteiger partial charge in [0.1, 0.15) is 0 Å². The molecule has 0 aliphatic rings. The summed E-state index contributed by atoms with van der Waals surface area (Å²) >= 11 is 4.98. The predicted molar refractivity (Wildman–Crippen MR) is 59.8 cm³/mol. The first-order chi connectivity index (χ1) is 6.24. The molecule has 0 amide bonds. The van der Waals surface area contributed by atoms with E-state index in [0.29, 0.717) is 6.54 Å². The third-order valence-corrected chi connectivity index (χ3v) is 3.26. The largest absolute Gasteiger partial charge is 0.395 e. The number of hydrogen-bond acceptors (Lipinski definition) is 3. The zero-order valence-electron chi connectivity index (χ0n) is 7.38. The van der Waals surface area contributed by atoms with Crippen LogP contribution in [0.15, 0.2) is 27.6 Å². The molecule has 0 radical (unpaired) electrons. The summed E-state index contributed by atoms with van der Waals surface area (Å²) in [5.74, 6) is 0. The number of aryl methyl sites for hydroxylation is 1. The van der Waals surface area contributed by atoms with Crippen molar-refractivity contribution in [3.8, 4) is 0 Å². The molecule has 0 aliphatic heterocycles.